The summed E-state index contributed by atoms with van der Waals surface area (Å²) in [6.45, 7) is 0. The van der Waals surface area contributed by atoms with Gasteiger partial charge < -0.3 is 20.9 Å². The number of nitrogens with zero attached hydrogens (tertiary/aromatic N) is 1. The summed E-state index contributed by atoms with van der Waals surface area (Å²) in [6.07, 6.45) is 4.49. The molecule has 2 heterocycles. The van der Waals surface area contributed by atoms with Gasteiger partial charge in [0.25, 0.3) is 5.91 Å². The van der Waals surface area contributed by atoms with Crippen molar-refractivity contribution in [3.8, 4) is 0 Å². The summed E-state index contributed by atoms with van der Waals surface area (Å²) in [5, 5.41) is 9.17. The van der Waals surface area contributed by atoms with Gasteiger partial charge in [0, 0.05) is 42.1 Å². The number of carbonyl (C=O) groups excluding carboxylic acids is 2. The normalized spacial score (nSPS) is 22.3. The van der Waals surface area contributed by atoms with Gasteiger partial charge in [-0.1, -0.05) is 18.2 Å². The van der Waals surface area contributed by atoms with Gasteiger partial charge in [0.15, 0.2) is 0 Å². The van der Waals surface area contributed by atoms with Gasteiger partial charge in [0.05, 0.1) is 0 Å². The number of para-hydroxylation sites is 1. The first-order chi connectivity index (χ1) is 13.6. The third-order valence-corrected chi connectivity index (χ3v) is 5.74. The molecule has 2 aromatic rings. The molecule has 3 amide bonds. The standard InChI is InChI=1S/C22H26N4O2.ClH/c1-26(20-13-18-11-12-19(14-20)23-18)21(27)15-7-9-17(10-8-15)25-22(28)24-16-5-3-2-4-6-16;/h2-10,18-20,23H,11-14H2,1H3,(H2,24,25,28);1H. The van der Waals surface area contributed by atoms with Crippen LogP contribution in [0.2, 0.25) is 0 Å². The number of nitrogens with one attached hydrogen (secondary N) is 3. The van der Waals surface area contributed by atoms with Crippen molar-refractivity contribution in [3.63, 3.8) is 0 Å². The lowest BCUT2D eigenvalue weighted by Gasteiger charge is -2.35. The van der Waals surface area contributed by atoms with Crippen LogP contribution in [-0.4, -0.2) is 42.0 Å². The van der Waals surface area contributed by atoms with Crippen molar-refractivity contribution in [2.75, 3.05) is 17.7 Å². The Morgan fingerprint density at radius 2 is 1.45 bits per heavy atom. The predicted molar refractivity (Wildman–Crippen MR) is 118 cm³/mol. The van der Waals surface area contributed by atoms with Crippen LogP contribution in [0, 0.1) is 0 Å². The van der Waals surface area contributed by atoms with Crippen LogP contribution in [0.3, 0.4) is 0 Å². The van der Waals surface area contributed by atoms with E-state index in [1.807, 2.05) is 42.3 Å². The van der Waals surface area contributed by atoms with E-state index in [1.54, 1.807) is 24.3 Å². The van der Waals surface area contributed by atoms with Gasteiger partial charge in [0.2, 0.25) is 0 Å². The quantitative estimate of drug-likeness (QED) is 0.704. The Morgan fingerprint density at radius 1 is 0.897 bits per heavy atom. The highest BCUT2D eigenvalue weighted by Crippen LogP contribution is 2.30. The van der Waals surface area contributed by atoms with Crippen LogP contribution in [0.1, 0.15) is 36.0 Å². The summed E-state index contributed by atoms with van der Waals surface area (Å²) in [5.74, 6) is 0.0339. The summed E-state index contributed by atoms with van der Waals surface area (Å²) in [4.78, 5) is 26.8. The Morgan fingerprint density at radius 3 is 2.03 bits per heavy atom. The molecule has 0 radical (unpaired) electrons. The van der Waals surface area contributed by atoms with Crippen LogP contribution >= 0.6 is 12.4 Å². The maximum absolute atomic E-state index is 12.9. The molecule has 29 heavy (non-hydrogen) atoms. The van der Waals surface area contributed by atoms with Gasteiger partial charge >= 0.3 is 6.03 Å². The summed E-state index contributed by atoms with van der Waals surface area (Å²) in [5.41, 5.74) is 2.01. The number of amides is 3. The lowest BCUT2D eigenvalue weighted by atomic mass is 9.98. The molecule has 2 aliphatic rings. The first-order valence-corrected chi connectivity index (χ1v) is 9.85. The van der Waals surface area contributed by atoms with E-state index in [2.05, 4.69) is 16.0 Å². The van der Waals surface area contributed by atoms with E-state index in [0.717, 1.165) is 18.5 Å². The molecule has 0 saturated carbocycles. The number of halogens is 1. The Labute approximate surface area is 177 Å². The van der Waals surface area contributed by atoms with Gasteiger partial charge in [0.1, 0.15) is 0 Å². The summed E-state index contributed by atoms with van der Waals surface area (Å²) in [6, 6.07) is 17.4. The Balaban J connectivity index is 0.00000240. The monoisotopic (exact) mass is 414 g/mol. The SMILES string of the molecule is CN(C(=O)c1ccc(NC(=O)Nc2ccccc2)cc1)C1CC2CCC(C1)N2.Cl. The van der Waals surface area contributed by atoms with Gasteiger partial charge in [-0.25, -0.2) is 4.79 Å². The topological polar surface area (TPSA) is 73.5 Å². The van der Waals surface area contributed by atoms with Crippen molar-refractivity contribution in [2.24, 2.45) is 0 Å². The van der Waals surface area contributed by atoms with Gasteiger partial charge in [-0.3, -0.25) is 4.79 Å². The van der Waals surface area contributed by atoms with E-state index in [1.165, 1.54) is 12.8 Å². The summed E-state index contributed by atoms with van der Waals surface area (Å²) in [7, 11) is 1.90. The number of piperidine rings is 1. The van der Waals surface area contributed by atoms with Crippen molar-refractivity contribution in [1.82, 2.24) is 10.2 Å². The molecule has 2 saturated heterocycles. The lowest BCUT2D eigenvalue weighted by molar-refractivity contribution is 0.0681. The van der Waals surface area contributed by atoms with E-state index < -0.39 is 0 Å². The molecule has 2 atom stereocenters. The van der Waals surface area contributed by atoms with E-state index in [9.17, 15) is 9.59 Å². The summed E-state index contributed by atoms with van der Waals surface area (Å²) < 4.78 is 0. The zero-order chi connectivity index (χ0) is 19.5. The molecule has 4 rings (SSSR count). The van der Waals surface area contributed by atoms with Crippen molar-refractivity contribution in [2.45, 2.75) is 43.8 Å². The molecule has 0 aromatic heterocycles. The van der Waals surface area contributed by atoms with Crippen LogP contribution in [0.5, 0.6) is 0 Å². The summed E-state index contributed by atoms with van der Waals surface area (Å²) >= 11 is 0. The second kappa shape index (κ2) is 9.29. The van der Waals surface area contributed by atoms with Crippen LogP contribution in [0.25, 0.3) is 0 Å². The molecule has 7 heteroatoms. The average molecular weight is 415 g/mol. The second-order valence-electron chi connectivity index (χ2n) is 7.70. The Bertz CT molecular complexity index is 832. The molecule has 2 fully saturated rings. The number of rotatable bonds is 4. The maximum atomic E-state index is 12.9. The largest absolute Gasteiger partial charge is 0.339 e. The van der Waals surface area contributed by atoms with E-state index >= 15 is 0 Å². The lowest BCUT2D eigenvalue weighted by Crippen LogP contribution is -2.48. The van der Waals surface area contributed by atoms with E-state index in [0.29, 0.717) is 29.4 Å². The van der Waals surface area contributed by atoms with Crippen molar-refractivity contribution < 1.29 is 9.59 Å². The number of carbonyl (C=O) groups is 2. The third kappa shape index (κ3) is 5.08. The molecule has 2 bridgehead atoms. The highest BCUT2D eigenvalue weighted by Gasteiger charge is 2.36. The molecule has 0 aliphatic carbocycles. The maximum Gasteiger partial charge on any atom is 0.323 e. The predicted octanol–water partition coefficient (Wildman–Crippen LogP) is 4.11. The molecule has 6 nitrogen and oxygen atoms in total. The molecule has 3 N–H and O–H groups in total. The van der Waals surface area contributed by atoms with Gasteiger partial charge in [-0.2, -0.15) is 0 Å². The molecule has 2 aliphatic heterocycles. The average Bonchev–Trinajstić information content (AvgIpc) is 3.05. The molecule has 154 valence electrons. The fourth-order valence-electron chi connectivity index (χ4n) is 4.22. The van der Waals surface area contributed by atoms with Crippen molar-refractivity contribution in [3.05, 3.63) is 60.2 Å². The zero-order valence-corrected chi connectivity index (χ0v) is 17.2. The van der Waals surface area contributed by atoms with Crippen LogP contribution in [0.15, 0.2) is 54.6 Å². The zero-order valence-electron chi connectivity index (χ0n) is 16.4. The minimum atomic E-state index is -0.312. The van der Waals surface area contributed by atoms with Gasteiger partial charge in [-0.05, 0) is 62.1 Å². The number of hydrogen-bond donors (Lipinski definition) is 3. The second-order valence-corrected chi connectivity index (χ2v) is 7.70. The molecule has 2 aromatic carbocycles. The first-order valence-electron chi connectivity index (χ1n) is 9.85. The minimum Gasteiger partial charge on any atom is -0.339 e. The number of fused-ring (bicyclic) bond motifs is 2. The number of anilines is 2. The van der Waals surface area contributed by atoms with Crippen LogP contribution in [-0.2, 0) is 0 Å². The Hall–Kier alpha value is -2.57. The molecule has 2 unspecified atom stereocenters. The van der Waals surface area contributed by atoms with E-state index in [4.69, 9.17) is 0 Å². The first kappa shape index (κ1) is 21.1. The number of urea groups is 1. The third-order valence-electron chi connectivity index (χ3n) is 5.74. The van der Waals surface area contributed by atoms with E-state index in [-0.39, 0.29) is 24.3 Å². The van der Waals surface area contributed by atoms with Crippen molar-refractivity contribution in [1.29, 1.82) is 0 Å². The highest BCUT2D eigenvalue weighted by molar-refractivity contribution is 6.00. The number of benzene rings is 2. The van der Waals surface area contributed by atoms with Crippen molar-refractivity contribution >= 4 is 35.7 Å². The molecular formula is C22H27ClN4O2. The molecular weight excluding hydrogens is 388 g/mol. The minimum absolute atomic E-state index is 0. The Kier molecular flexibility index (Phi) is 6.77. The van der Waals surface area contributed by atoms with Gasteiger partial charge in [-0.15, -0.1) is 12.4 Å². The fraction of sp³-hybridized carbons (Fsp3) is 0.364. The fourth-order valence-corrected chi connectivity index (χ4v) is 4.22. The molecule has 0 spiro atoms. The smallest absolute Gasteiger partial charge is 0.323 e. The highest BCUT2D eigenvalue weighted by atomic mass is 35.5. The van der Waals surface area contributed by atoms with Crippen LogP contribution < -0.4 is 16.0 Å². The van der Waals surface area contributed by atoms with Crippen LogP contribution in [0.4, 0.5) is 16.2 Å². The number of hydrogen-bond acceptors (Lipinski definition) is 3.